The Labute approximate surface area is 131 Å². The number of amides is 1. The summed E-state index contributed by atoms with van der Waals surface area (Å²) < 4.78 is 0. The molecule has 0 aliphatic heterocycles. The van der Waals surface area contributed by atoms with Gasteiger partial charge in [-0.25, -0.2) is 0 Å². The van der Waals surface area contributed by atoms with Crippen molar-refractivity contribution in [3.05, 3.63) is 53.1 Å². The molecule has 0 aromatic heterocycles. The van der Waals surface area contributed by atoms with Crippen molar-refractivity contribution < 1.29 is 4.79 Å². The van der Waals surface area contributed by atoms with E-state index in [1.165, 1.54) is 11.1 Å². The maximum Gasteiger partial charge on any atom is 0.251 e. The zero-order valence-corrected chi connectivity index (χ0v) is 13.4. The highest BCUT2D eigenvalue weighted by atomic mass is 16.1. The Bertz CT molecular complexity index is 680. The first-order chi connectivity index (χ1) is 10.5. The van der Waals surface area contributed by atoms with Crippen LogP contribution in [0.3, 0.4) is 0 Å². The molecule has 0 saturated carbocycles. The Morgan fingerprint density at radius 3 is 2.50 bits per heavy atom. The van der Waals surface area contributed by atoms with E-state index < -0.39 is 0 Å². The van der Waals surface area contributed by atoms with Crippen molar-refractivity contribution in [1.82, 2.24) is 5.32 Å². The summed E-state index contributed by atoms with van der Waals surface area (Å²) in [5.74, 6) is -0.0914. The van der Waals surface area contributed by atoms with E-state index in [4.69, 9.17) is 5.73 Å². The molecule has 0 fully saturated rings. The van der Waals surface area contributed by atoms with Crippen LogP contribution < -0.4 is 16.4 Å². The lowest BCUT2D eigenvalue weighted by atomic mass is 10.1. The lowest BCUT2D eigenvalue weighted by Crippen LogP contribution is -2.24. The molecule has 0 saturated heterocycles. The first-order valence-electron chi connectivity index (χ1n) is 7.53. The molecule has 0 unspecified atom stereocenters. The van der Waals surface area contributed by atoms with Gasteiger partial charge in [0.05, 0.1) is 11.4 Å². The number of nitrogens with two attached hydrogens (primary N) is 1. The third kappa shape index (κ3) is 3.79. The minimum atomic E-state index is -0.0914. The molecule has 0 spiro atoms. The second-order valence-electron chi connectivity index (χ2n) is 5.48. The predicted octanol–water partition coefficient (Wildman–Crippen LogP) is 3.77. The summed E-state index contributed by atoms with van der Waals surface area (Å²) in [6, 6.07) is 11.5. The molecule has 2 rings (SSSR count). The first-order valence-corrected chi connectivity index (χ1v) is 7.53. The highest BCUT2D eigenvalue weighted by Crippen LogP contribution is 2.25. The summed E-state index contributed by atoms with van der Waals surface area (Å²) in [5, 5.41) is 6.14. The molecule has 0 atom stereocenters. The van der Waals surface area contributed by atoms with E-state index in [1.54, 1.807) is 12.1 Å². The molecule has 1 amide bonds. The molecular weight excluding hydrogens is 274 g/mol. The summed E-state index contributed by atoms with van der Waals surface area (Å²) in [6.07, 6.45) is 0.910. The van der Waals surface area contributed by atoms with E-state index in [-0.39, 0.29) is 5.91 Å². The largest absolute Gasteiger partial charge is 0.397 e. The Morgan fingerprint density at radius 2 is 1.86 bits per heavy atom. The van der Waals surface area contributed by atoms with Crippen molar-refractivity contribution in [2.24, 2.45) is 0 Å². The normalized spacial score (nSPS) is 10.3. The molecule has 0 aliphatic rings. The van der Waals surface area contributed by atoms with Crippen LogP contribution in [0.1, 0.15) is 34.8 Å². The summed E-state index contributed by atoms with van der Waals surface area (Å²) in [5.41, 5.74) is 11.5. The van der Waals surface area contributed by atoms with E-state index in [9.17, 15) is 4.79 Å². The zero-order valence-electron chi connectivity index (χ0n) is 13.4. The molecule has 0 radical (unpaired) electrons. The van der Waals surface area contributed by atoms with Crippen LogP contribution in [-0.2, 0) is 0 Å². The molecule has 0 heterocycles. The topological polar surface area (TPSA) is 67.2 Å². The van der Waals surface area contributed by atoms with Gasteiger partial charge in [0.15, 0.2) is 0 Å². The van der Waals surface area contributed by atoms with Crippen LogP contribution in [0.25, 0.3) is 0 Å². The van der Waals surface area contributed by atoms with Gasteiger partial charge in [-0.2, -0.15) is 0 Å². The van der Waals surface area contributed by atoms with Gasteiger partial charge in [-0.05, 0) is 61.7 Å². The second-order valence-corrected chi connectivity index (χ2v) is 5.48. The van der Waals surface area contributed by atoms with Crippen LogP contribution in [0.15, 0.2) is 36.4 Å². The molecule has 116 valence electrons. The lowest BCUT2D eigenvalue weighted by molar-refractivity contribution is 0.0953. The molecule has 4 heteroatoms. The Balaban J connectivity index is 2.15. The predicted molar refractivity (Wildman–Crippen MR) is 92.7 cm³/mol. The summed E-state index contributed by atoms with van der Waals surface area (Å²) in [4.78, 5) is 11.9. The van der Waals surface area contributed by atoms with Crippen molar-refractivity contribution in [3.63, 3.8) is 0 Å². The van der Waals surface area contributed by atoms with E-state index in [0.29, 0.717) is 17.8 Å². The highest BCUT2D eigenvalue weighted by Gasteiger charge is 2.08. The number of hydrogen-bond acceptors (Lipinski definition) is 3. The Hall–Kier alpha value is -2.49. The van der Waals surface area contributed by atoms with E-state index in [1.807, 2.05) is 19.1 Å². The van der Waals surface area contributed by atoms with E-state index in [2.05, 4.69) is 36.6 Å². The number of rotatable bonds is 5. The summed E-state index contributed by atoms with van der Waals surface area (Å²) >= 11 is 0. The zero-order chi connectivity index (χ0) is 16.1. The number of nitrogen functional groups attached to an aromatic ring is 1. The van der Waals surface area contributed by atoms with Gasteiger partial charge >= 0.3 is 0 Å². The van der Waals surface area contributed by atoms with Crippen LogP contribution in [0, 0.1) is 13.8 Å². The monoisotopic (exact) mass is 297 g/mol. The quantitative estimate of drug-likeness (QED) is 0.736. The van der Waals surface area contributed by atoms with Crippen LogP contribution in [0.4, 0.5) is 17.1 Å². The van der Waals surface area contributed by atoms with Gasteiger partial charge in [0.2, 0.25) is 0 Å². The minimum Gasteiger partial charge on any atom is -0.397 e. The molecular formula is C18H23N3O. The second kappa shape index (κ2) is 6.98. The fraction of sp³-hybridized carbons (Fsp3) is 0.278. The average Bonchev–Trinajstić information content (AvgIpc) is 2.50. The van der Waals surface area contributed by atoms with Gasteiger partial charge < -0.3 is 16.4 Å². The third-order valence-corrected chi connectivity index (χ3v) is 3.64. The number of nitrogens with one attached hydrogen (secondary N) is 2. The van der Waals surface area contributed by atoms with Gasteiger partial charge in [-0.1, -0.05) is 13.0 Å². The molecule has 4 N–H and O–H groups in total. The maximum atomic E-state index is 11.9. The number of benzene rings is 2. The van der Waals surface area contributed by atoms with Gasteiger partial charge in [0.1, 0.15) is 0 Å². The van der Waals surface area contributed by atoms with Crippen molar-refractivity contribution in [1.29, 1.82) is 0 Å². The molecule has 4 nitrogen and oxygen atoms in total. The van der Waals surface area contributed by atoms with Gasteiger partial charge in [0.25, 0.3) is 5.91 Å². The average molecular weight is 297 g/mol. The van der Waals surface area contributed by atoms with Crippen LogP contribution in [0.5, 0.6) is 0 Å². The Morgan fingerprint density at radius 1 is 1.09 bits per heavy atom. The van der Waals surface area contributed by atoms with E-state index in [0.717, 1.165) is 17.8 Å². The first kappa shape index (κ1) is 15.9. The number of hydrogen-bond donors (Lipinski definition) is 3. The Kier molecular flexibility index (Phi) is 5.04. The molecule has 2 aromatic rings. The number of aryl methyl sites for hydroxylation is 2. The third-order valence-electron chi connectivity index (χ3n) is 3.64. The SMILES string of the molecule is CCCNC(=O)c1ccc(Nc2ccc(C)c(C)c2)c(N)c1. The fourth-order valence-corrected chi connectivity index (χ4v) is 2.13. The van der Waals surface area contributed by atoms with Gasteiger partial charge in [0, 0.05) is 17.8 Å². The van der Waals surface area contributed by atoms with Gasteiger partial charge in [-0.15, -0.1) is 0 Å². The molecule has 22 heavy (non-hydrogen) atoms. The summed E-state index contributed by atoms with van der Waals surface area (Å²) in [6.45, 7) is 6.84. The highest BCUT2D eigenvalue weighted by molar-refractivity contribution is 5.96. The van der Waals surface area contributed by atoms with Gasteiger partial charge in [-0.3, -0.25) is 4.79 Å². The van der Waals surface area contributed by atoms with Crippen molar-refractivity contribution >= 4 is 23.0 Å². The molecule has 0 bridgehead atoms. The fourth-order valence-electron chi connectivity index (χ4n) is 2.13. The van der Waals surface area contributed by atoms with Crippen LogP contribution in [-0.4, -0.2) is 12.5 Å². The standard InChI is InChI=1S/C18H23N3O/c1-4-9-20-18(22)14-6-8-17(16(19)11-14)21-15-7-5-12(2)13(3)10-15/h5-8,10-11,21H,4,9,19H2,1-3H3,(H,20,22). The number of anilines is 3. The molecule has 0 aliphatic carbocycles. The van der Waals surface area contributed by atoms with Crippen LogP contribution >= 0.6 is 0 Å². The lowest BCUT2D eigenvalue weighted by Gasteiger charge is -2.12. The van der Waals surface area contributed by atoms with Crippen molar-refractivity contribution in [3.8, 4) is 0 Å². The smallest absolute Gasteiger partial charge is 0.251 e. The number of carbonyl (C=O) groups excluding carboxylic acids is 1. The number of carbonyl (C=O) groups is 1. The molecule has 2 aromatic carbocycles. The summed E-state index contributed by atoms with van der Waals surface area (Å²) in [7, 11) is 0. The van der Waals surface area contributed by atoms with Crippen molar-refractivity contribution in [2.75, 3.05) is 17.6 Å². The maximum absolute atomic E-state index is 11.9. The van der Waals surface area contributed by atoms with Crippen LogP contribution in [0.2, 0.25) is 0 Å². The van der Waals surface area contributed by atoms with Crippen molar-refractivity contribution in [2.45, 2.75) is 27.2 Å². The van der Waals surface area contributed by atoms with E-state index >= 15 is 0 Å². The minimum absolute atomic E-state index is 0.0914.